The molecule has 0 saturated carbocycles. The van der Waals surface area contributed by atoms with Crippen molar-refractivity contribution >= 4 is 11.6 Å². The first-order chi connectivity index (χ1) is 9.75. The predicted molar refractivity (Wildman–Crippen MR) is 90.7 cm³/mol. The van der Waals surface area contributed by atoms with E-state index in [1.807, 2.05) is 0 Å². The van der Waals surface area contributed by atoms with Crippen LogP contribution in [0.2, 0.25) is 5.02 Å². The first-order valence-corrected chi connectivity index (χ1v) is 8.33. The third-order valence-corrected chi connectivity index (χ3v) is 4.22. The zero-order valence-electron chi connectivity index (χ0n) is 14.0. The van der Waals surface area contributed by atoms with Crippen molar-refractivity contribution in [2.45, 2.75) is 71.3 Å². The minimum Gasteiger partial charge on any atom is -0.311 e. The van der Waals surface area contributed by atoms with Gasteiger partial charge in [0.05, 0.1) is 0 Å². The highest BCUT2D eigenvalue weighted by molar-refractivity contribution is 6.31. The molecule has 0 atom stereocenters. The maximum Gasteiger partial charge on any atom is 0.128 e. The monoisotopic (exact) mass is 313 g/mol. The van der Waals surface area contributed by atoms with Gasteiger partial charge in [-0.1, -0.05) is 44.4 Å². The van der Waals surface area contributed by atoms with Gasteiger partial charge in [0.25, 0.3) is 0 Å². The van der Waals surface area contributed by atoms with E-state index in [0.717, 1.165) is 32.2 Å². The van der Waals surface area contributed by atoms with Crippen molar-refractivity contribution < 1.29 is 4.39 Å². The van der Waals surface area contributed by atoms with Crippen LogP contribution in [0.4, 0.5) is 4.39 Å². The number of nitrogens with one attached hydrogen (secondary N) is 1. The van der Waals surface area contributed by atoms with Gasteiger partial charge in [0.2, 0.25) is 0 Å². The van der Waals surface area contributed by atoms with Crippen molar-refractivity contribution in [3.05, 3.63) is 34.6 Å². The second kappa shape index (κ2) is 7.60. The molecule has 1 nitrogen and oxygen atoms in total. The van der Waals surface area contributed by atoms with E-state index >= 15 is 0 Å². The van der Waals surface area contributed by atoms with Crippen LogP contribution in [-0.2, 0) is 5.41 Å². The molecule has 0 aliphatic rings. The second-order valence-corrected chi connectivity index (χ2v) is 7.39. The average molecular weight is 314 g/mol. The Morgan fingerprint density at radius 2 is 1.67 bits per heavy atom. The fourth-order valence-electron chi connectivity index (χ4n) is 3.04. The lowest BCUT2D eigenvalue weighted by Crippen LogP contribution is -2.46. The first kappa shape index (κ1) is 18.4. The minimum absolute atomic E-state index is 0.00443. The highest BCUT2D eigenvalue weighted by Gasteiger charge is 2.35. The van der Waals surface area contributed by atoms with Crippen LogP contribution in [0, 0.1) is 5.82 Å². The second-order valence-electron chi connectivity index (χ2n) is 6.98. The molecule has 0 heterocycles. The van der Waals surface area contributed by atoms with Crippen LogP contribution in [0.5, 0.6) is 0 Å². The van der Waals surface area contributed by atoms with Gasteiger partial charge in [-0.3, -0.25) is 0 Å². The van der Waals surface area contributed by atoms with Gasteiger partial charge in [0, 0.05) is 28.1 Å². The third-order valence-electron chi connectivity index (χ3n) is 3.91. The fraction of sp³-hybridized carbons (Fsp3) is 0.667. The summed E-state index contributed by atoms with van der Waals surface area (Å²) in [6, 6.07) is 5.01. The summed E-state index contributed by atoms with van der Waals surface area (Å²) in [6.45, 7) is 11.5. The SMILES string of the molecule is CCCC(CCC)(CNC(C)(C)C)c1c(F)cccc1Cl. The molecule has 21 heavy (non-hydrogen) atoms. The van der Waals surface area contributed by atoms with Crippen LogP contribution in [0.15, 0.2) is 18.2 Å². The number of benzene rings is 1. The Bertz CT molecular complexity index is 425. The molecule has 1 aromatic rings. The summed E-state index contributed by atoms with van der Waals surface area (Å²) in [7, 11) is 0. The zero-order valence-corrected chi connectivity index (χ0v) is 14.8. The summed E-state index contributed by atoms with van der Waals surface area (Å²) in [4.78, 5) is 0. The summed E-state index contributed by atoms with van der Waals surface area (Å²) in [5.41, 5.74) is 0.455. The molecule has 0 radical (unpaired) electrons. The van der Waals surface area contributed by atoms with Gasteiger partial charge in [-0.05, 0) is 45.7 Å². The first-order valence-electron chi connectivity index (χ1n) is 7.95. The topological polar surface area (TPSA) is 12.0 Å². The highest BCUT2D eigenvalue weighted by atomic mass is 35.5. The lowest BCUT2D eigenvalue weighted by Gasteiger charge is -2.38. The third kappa shape index (κ3) is 4.96. The van der Waals surface area contributed by atoms with Gasteiger partial charge in [0.15, 0.2) is 0 Å². The van der Waals surface area contributed by atoms with Crippen LogP contribution in [-0.4, -0.2) is 12.1 Å². The summed E-state index contributed by atoms with van der Waals surface area (Å²) < 4.78 is 14.5. The number of hydrogen-bond donors (Lipinski definition) is 1. The molecule has 0 aromatic heterocycles. The van der Waals surface area contributed by atoms with Crippen LogP contribution in [0.25, 0.3) is 0 Å². The van der Waals surface area contributed by atoms with E-state index in [-0.39, 0.29) is 16.8 Å². The van der Waals surface area contributed by atoms with Crippen molar-refractivity contribution in [2.75, 3.05) is 6.54 Å². The summed E-state index contributed by atoms with van der Waals surface area (Å²) in [5.74, 6) is -0.180. The molecular weight excluding hydrogens is 285 g/mol. The maximum atomic E-state index is 14.5. The van der Waals surface area contributed by atoms with Crippen molar-refractivity contribution in [1.82, 2.24) is 5.32 Å². The van der Waals surface area contributed by atoms with E-state index in [1.54, 1.807) is 12.1 Å². The van der Waals surface area contributed by atoms with E-state index in [4.69, 9.17) is 11.6 Å². The van der Waals surface area contributed by atoms with Crippen molar-refractivity contribution in [3.8, 4) is 0 Å². The number of rotatable bonds is 7. The molecule has 0 spiro atoms. The lowest BCUT2D eigenvalue weighted by molar-refractivity contribution is 0.285. The van der Waals surface area contributed by atoms with Crippen molar-refractivity contribution in [2.24, 2.45) is 0 Å². The van der Waals surface area contributed by atoms with E-state index in [0.29, 0.717) is 10.6 Å². The smallest absolute Gasteiger partial charge is 0.128 e. The lowest BCUT2D eigenvalue weighted by atomic mass is 9.72. The quantitative estimate of drug-likeness (QED) is 0.680. The molecule has 1 rings (SSSR count). The van der Waals surface area contributed by atoms with Crippen LogP contribution in [0.3, 0.4) is 0 Å². The van der Waals surface area contributed by atoms with Gasteiger partial charge >= 0.3 is 0 Å². The Morgan fingerprint density at radius 3 is 2.10 bits per heavy atom. The van der Waals surface area contributed by atoms with Crippen molar-refractivity contribution in [3.63, 3.8) is 0 Å². The van der Waals surface area contributed by atoms with Crippen LogP contribution < -0.4 is 5.32 Å². The summed E-state index contributed by atoms with van der Waals surface area (Å²) in [6.07, 6.45) is 3.89. The standard InChI is InChI=1S/C18H29ClFN/c1-6-11-18(12-7-2,13-21-17(3,4)5)16-14(19)9-8-10-15(16)20/h8-10,21H,6-7,11-13H2,1-5H3. The van der Waals surface area contributed by atoms with E-state index in [1.165, 1.54) is 6.07 Å². The molecule has 1 aromatic carbocycles. The maximum absolute atomic E-state index is 14.5. The molecule has 0 fully saturated rings. The Morgan fingerprint density at radius 1 is 1.10 bits per heavy atom. The van der Waals surface area contributed by atoms with Gasteiger partial charge in [-0.15, -0.1) is 0 Å². The normalized spacial score (nSPS) is 12.7. The molecular formula is C18H29ClFN. The Kier molecular flexibility index (Phi) is 6.68. The summed E-state index contributed by atoms with van der Waals surface area (Å²) in [5, 5.41) is 4.11. The largest absolute Gasteiger partial charge is 0.311 e. The molecule has 0 amide bonds. The van der Waals surface area contributed by atoms with Gasteiger partial charge in [-0.2, -0.15) is 0 Å². The zero-order chi connectivity index (χ0) is 16.1. The van der Waals surface area contributed by atoms with Gasteiger partial charge < -0.3 is 5.32 Å². The van der Waals surface area contributed by atoms with E-state index in [9.17, 15) is 4.39 Å². The molecule has 120 valence electrons. The molecule has 0 aliphatic heterocycles. The molecule has 0 saturated heterocycles. The highest BCUT2D eigenvalue weighted by Crippen LogP contribution is 2.39. The molecule has 0 unspecified atom stereocenters. The Hall–Kier alpha value is -0.600. The number of hydrogen-bond acceptors (Lipinski definition) is 1. The summed E-state index contributed by atoms with van der Waals surface area (Å²) >= 11 is 6.37. The minimum atomic E-state index is -0.237. The van der Waals surface area contributed by atoms with Crippen LogP contribution >= 0.6 is 11.6 Å². The van der Waals surface area contributed by atoms with Crippen LogP contribution in [0.1, 0.15) is 65.9 Å². The molecule has 0 aliphatic carbocycles. The van der Waals surface area contributed by atoms with E-state index in [2.05, 4.69) is 39.9 Å². The Balaban J connectivity index is 3.27. The van der Waals surface area contributed by atoms with Gasteiger partial charge in [-0.25, -0.2) is 4.39 Å². The van der Waals surface area contributed by atoms with Gasteiger partial charge in [0.1, 0.15) is 5.82 Å². The molecule has 3 heteroatoms. The molecule has 1 N–H and O–H groups in total. The van der Waals surface area contributed by atoms with Crippen molar-refractivity contribution in [1.29, 1.82) is 0 Å². The average Bonchev–Trinajstić information content (AvgIpc) is 2.36. The fourth-order valence-corrected chi connectivity index (χ4v) is 3.40. The molecule has 0 bridgehead atoms. The Labute approximate surface area is 134 Å². The number of halogens is 2. The van der Waals surface area contributed by atoms with E-state index < -0.39 is 0 Å². The predicted octanol–water partition coefficient (Wildman–Crippen LogP) is 5.71.